The van der Waals surface area contributed by atoms with E-state index in [-0.39, 0.29) is 11.3 Å². The van der Waals surface area contributed by atoms with Gasteiger partial charge in [-0.3, -0.25) is 0 Å². The van der Waals surface area contributed by atoms with Crippen LogP contribution in [0.2, 0.25) is 0 Å². The fourth-order valence-corrected chi connectivity index (χ4v) is 4.98. The van der Waals surface area contributed by atoms with Gasteiger partial charge in [-0.05, 0) is 25.3 Å². The summed E-state index contributed by atoms with van der Waals surface area (Å²) in [6.07, 6.45) is 4.51. The van der Waals surface area contributed by atoms with Crippen molar-refractivity contribution >= 4 is 26.7 Å². The molecule has 2 unspecified atom stereocenters. The lowest BCUT2D eigenvalue weighted by molar-refractivity contribution is 0.451. The number of hydrogen-bond acceptors (Lipinski definition) is 5. The summed E-state index contributed by atoms with van der Waals surface area (Å²) in [5, 5.41) is 4.13. The number of nitrogens with one attached hydrogen (secondary N) is 1. The first kappa shape index (κ1) is 17.9. The van der Waals surface area contributed by atoms with Crippen LogP contribution >= 0.6 is 0 Å². The first-order chi connectivity index (χ1) is 13.0. The van der Waals surface area contributed by atoms with Crippen LogP contribution in [0.1, 0.15) is 25.7 Å². The molecule has 3 aromatic rings. The summed E-state index contributed by atoms with van der Waals surface area (Å²) in [5.74, 6) is 0.562. The van der Waals surface area contributed by atoms with Gasteiger partial charge in [0.15, 0.2) is 0 Å². The molecule has 1 heterocycles. The lowest BCUT2D eigenvalue weighted by Gasteiger charge is -2.28. The minimum Gasteiger partial charge on any atom is -0.351 e. The zero-order valence-corrected chi connectivity index (χ0v) is 16.1. The summed E-state index contributed by atoms with van der Waals surface area (Å²) in [4.78, 5) is 9.45. The average Bonchev–Trinajstić information content (AvgIpc) is 2.68. The number of rotatable bonds is 4. The summed E-state index contributed by atoms with van der Waals surface area (Å²) >= 11 is 0. The highest BCUT2D eigenvalue weighted by molar-refractivity contribution is 7.91. The third-order valence-electron chi connectivity index (χ3n) is 5.22. The molecule has 0 amide bonds. The largest absolute Gasteiger partial charge is 0.351 e. The highest BCUT2D eigenvalue weighted by Crippen LogP contribution is 2.29. The second kappa shape index (κ2) is 7.27. The second-order valence-corrected chi connectivity index (χ2v) is 9.56. The monoisotopic (exact) mass is 381 g/mol. The van der Waals surface area contributed by atoms with Gasteiger partial charge in [-0.15, -0.1) is 0 Å². The first-order valence-corrected chi connectivity index (χ1v) is 11.2. The van der Waals surface area contributed by atoms with Crippen LogP contribution < -0.4 is 5.32 Å². The molecule has 140 valence electrons. The van der Waals surface area contributed by atoms with Gasteiger partial charge in [0.2, 0.25) is 5.95 Å². The van der Waals surface area contributed by atoms with Crippen molar-refractivity contribution in [2.45, 2.75) is 37.0 Å². The Kier molecular flexibility index (Phi) is 4.83. The number of benzene rings is 2. The van der Waals surface area contributed by atoms with Gasteiger partial charge in [0.1, 0.15) is 9.84 Å². The van der Waals surface area contributed by atoms with Crippen LogP contribution in [0.25, 0.3) is 22.2 Å². The second-order valence-electron chi connectivity index (χ2n) is 7.24. The van der Waals surface area contributed by atoms with Crippen LogP contribution in [0.3, 0.4) is 0 Å². The Morgan fingerprint density at radius 3 is 2.48 bits per heavy atom. The molecule has 1 fully saturated rings. The molecule has 2 aromatic carbocycles. The molecule has 0 saturated heterocycles. The molecule has 0 bridgehead atoms. The lowest BCUT2D eigenvalue weighted by Crippen LogP contribution is -2.34. The number of hydrogen-bond donors (Lipinski definition) is 1. The molecule has 4 rings (SSSR count). The highest BCUT2D eigenvalue weighted by atomic mass is 32.2. The Morgan fingerprint density at radius 1 is 0.963 bits per heavy atom. The Hall–Kier alpha value is -2.47. The zero-order chi connectivity index (χ0) is 18.9. The van der Waals surface area contributed by atoms with E-state index in [0.717, 1.165) is 41.4 Å². The lowest BCUT2D eigenvalue weighted by atomic mass is 9.95. The first-order valence-electron chi connectivity index (χ1n) is 9.28. The molecule has 0 radical (unpaired) electrons. The Morgan fingerprint density at radius 2 is 1.70 bits per heavy atom. The van der Waals surface area contributed by atoms with E-state index >= 15 is 0 Å². The van der Waals surface area contributed by atoms with E-state index in [1.807, 2.05) is 54.6 Å². The Bertz CT molecular complexity index is 1050. The van der Waals surface area contributed by atoms with Gasteiger partial charge in [0.05, 0.1) is 16.5 Å². The van der Waals surface area contributed by atoms with Crippen LogP contribution in [-0.2, 0) is 9.84 Å². The summed E-state index contributed by atoms with van der Waals surface area (Å²) in [7, 11) is -3.02. The van der Waals surface area contributed by atoms with Crippen molar-refractivity contribution in [2.24, 2.45) is 0 Å². The standard InChI is InChI=1S/C21H23N3O2S/c1-27(25,26)17-11-7-10-16(14-17)22-21-23-19-13-6-5-12-18(19)20(24-21)15-8-3-2-4-9-15/h2-6,8-9,12-13,16-17H,7,10-11,14H2,1H3,(H,22,23,24). The number of aromatic nitrogens is 2. The molecular weight excluding hydrogens is 358 g/mol. The predicted molar refractivity (Wildman–Crippen MR) is 109 cm³/mol. The van der Waals surface area contributed by atoms with Gasteiger partial charge in [-0.1, -0.05) is 55.0 Å². The fourth-order valence-electron chi connectivity index (χ4n) is 3.80. The third kappa shape index (κ3) is 3.95. The molecule has 1 aliphatic rings. The SMILES string of the molecule is CS(=O)(=O)C1CCCC(Nc2nc(-c3ccccc3)c3ccccc3n2)C1. The van der Waals surface area contributed by atoms with Crippen molar-refractivity contribution in [1.82, 2.24) is 9.97 Å². The Labute approximate surface area is 159 Å². The minimum atomic E-state index is -3.02. The van der Waals surface area contributed by atoms with Crippen LogP contribution in [0.4, 0.5) is 5.95 Å². The summed E-state index contributed by atoms with van der Waals surface area (Å²) in [6.45, 7) is 0. The summed E-state index contributed by atoms with van der Waals surface area (Å²) < 4.78 is 23.9. The van der Waals surface area contributed by atoms with Gasteiger partial charge in [-0.2, -0.15) is 0 Å². The molecule has 1 aliphatic carbocycles. The molecule has 5 nitrogen and oxygen atoms in total. The average molecular weight is 382 g/mol. The molecule has 1 N–H and O–H groups in total. The van der Waals surface area contributed by atoms with Gasteiger partial charge in [0, 0.05) is 23.2 Å². The number of anilines is 1. The number of para-hydroxylation sites is 1. The van der Waals surface area contributed by atoms with Crippen LogP contribution in [0.5, 0.6) is 0 Å². The molecular formula is C21H23N3O2S. The van der Waals surface area contributed by atoms with Gasteiger partial charge >= 0.3 is 0 Å². The summed E-state index contributed by atoms with van der Waals surface area (Å²) in [5.41, 5.74) is 2.81. The van der Waals surface area contributed by atoms with E-state index < -0.39 is 9.84 Å². The van der Waals surface area contributed by atoms with E-state index in [0.29, 0.717) is 12.4 Å². The van der Waals surface area contributed by atoms with Gasteiger partial charge < -0.3 is 5.32 Å². The molecule has 6 heteroatoms. The van der Waals surface area contributed by atoms with E-state index in [9.17, 15) is 8.42 Å². The molecule has 0 spiro atoms. The minimum absolute atomic E-state index is 0.0725. The normalized spacial score (nSPS) is 20.5. The number of nitrogens with zero attached hydrogens (tertiary/aromatic N) is 2. The molecule has 0 aliphatic heterocycles. The summed E-state index contributed by atoms with van der Waals surface area (Å²) in [6, 6.07) is 18.1. The zero-order valence-electron chi connectivity index (χ0n) is 15.3. The predicted octanol–water partition coefficient (Wildman–Crippen LogP) is 4.06. The maximum absolute atomic E-state index is 11.9. The highest BCUT2D eigenvalue weighted by Gasteiger charge is 2.29. The fraction of sp³-hybridized carbons (Fsp3) is 0.333. The van der Waals surface area contributed by atoms with E-state index in [4.69, 9.17) is 4.98 Å². The van der Waals surface area contributed by atoms with Crippen LogP contribution in [-0.4, -0.2) is 35.9 Å². The van der Waals surface area contributed by atoms with Crippen molar-refractivity contribution in [1.29, 1.82) is 0 Å². The van der Waals surface area contributed by atoms with Crippen LogP contribution in [0.15, 0.2) is 54.6 Å². The van der Waals surface area contributed by atoms with Crippen molar-refractivity contribution < 1.29 is 8.42 Å². The third-order valence-corrected chi connectivity index (χ3v) is 6.85. The van der Waals surface area contributed by atoms with E-state index in [1.54, 1.807) is 0 Å². The van der Waals surface area contributed by atoms with Crippen molar-refractivity contribution in [3.63, 3.8) is 0 Å². The van der Waals surface area contributed by atoms with Crippen molar-refractivity contribution in [3.8, 4) is 11.3 Å². The van der Waals surface area contributed by atoms with Crippen molar-refractivity contribution in [2.75, 3.05) is 11.6 Å². The van der Waals surface area contributed by atoms with E-state index in [1.165, 1.54) is 6.26 Å². The molecule has 2 atom stereocenters. The Balaban J connectivity index is 1.68. The smallest absolute Gasteiger partial charge is 0.224 e. The maximum Gasteiger partial charge on any atom is 0.224 e. The topological polar surface area (TPSA) is 72.0 Å². The molecule has 27 heavy (non-hydrogen) atoms. The van der Waals surface area contributed by atoms with Crippen LogP contribution in [0, 0.1) is 0 Å². The molecule has 1 aromatic heterocycles. The molecule has 1 saturated carbocycles. The van der Waals surface area contributed by atoms with Crippen molar-refractivity contribution in [3.05, 3.63) is 54.6 Å². The number of sulfone groups is 1. The van der Waals surface area contributed by atoms with Gasteiger partial charge in [-0.25, -0.2) is 18.4 Å². The quantitative estimate of drug-likeness (QED) is 0.738. The van der Waals surface area contributed by atoms with Gasteiger partial charge in [0.25, 0.3) is 0 Å². The maximum atomic E-state index is 11.9. The number of fused-ring (bicyclic) bond motifs is 1. The van der Waals surface area contributed by atoms with E-state index in [2.05, 4.69) is 10.3 Å².